The minimum Gasteiger partial charge on any atom is -0.370 e. The molecule has 0 unspecified atom stereocenters. The van der Waals surface area contributed by atoms with Crippen LogP contribution in [0.4, 0.5) is 17.3 Å². The first kappa shape index (κ1) is 14.3. The molecule has 106 valence electrons. The van der Waals surface area contributed by atoms with Crippen molar-refractivity contribution in [3.8, 4) is 0 Å². The molecule has 0 atom stereocenters. The molecule has 1 aromatic heterocycles. The molecular formula is C16H22N4. The van der Waals surface area contributed by atoms with Crippen molar-refractivity contribution in [2.24, 2.45) is 0 Å². The molecule has 4 nitrogen and oxygen atoms in total. The number of nitrogens with one attached hydrogen (secondary N) is 1. The smallest absolute Gasteiger partial charge is 0.141 e. The van der Waals surface area contributed by atoms with Gasteiger partial charge in [-0.15, -0.1) is 0 Å². The fraction of sp³-hybridized carbons (Fsp3) is 0.375. The second-order valence-corrected chi connectivity index (χ2v) is 4.80. The number of hydrogen-bond donors (Lipinski definition) is 1. The maximum absolute atomic E-state index is 4.47. The number of anilines is 3. The van der Waals surface area contributed by atoms with Crippen LogP contribution in [0.3, 0.4) is 0 Å². The first-order valence-electron chi connectivity index (χ1n) is 7.05. The number of hydrogen-bond acceptors (Lipinski definition) is 4. The summed E-state index contributed by atoms with van der Waals surface area (Å²) in [5.41, 5.74) is 3.54. The molecule has 2 rings (SSSR count). The Morgan fingerprint density at radius 1 is 1.10 bits per heavy atom. The van der Waals surface area contributed by atoms with Gasteiger partial charge < -0.3 is 10.2 Å². The molecule has 1 N–H and O–H groups in total. The van der Waals surface area contributed by atoms with Crippen molar-refractivity contribution in [3.63, 3.8) is 0 Å². The molecule has 0 spiro atoms. The predicted molar refractivity (Wildman–Crippen MR) is 84.8 cm³/mol. The van der Waals surface area contributed by atoms with E-state index in [0.29, 0.717) is 0 Å². The summed E-state index contributed by atoms with van der Waals surface area (Å²) in [7, 11) is 2.04. The van der Waals surface area contributed by atoms with Gasteiger partial charge in [0.25, 0.3) is 0 Å². The highest BCUT2D eigenvalue weighted by Crippen LogP contribution is 2.28. The molecule has 1 aromatic carbocycles. The Labute approximate surface area is 120 Å². The van der Waals surface area contributed by atoms with Gasteiger partial charge in [-0.1, -0.05) is 24.6 Å². The van der Waals surface area contributed by atoms with Crippen LogP contribution in [0.1, 0.15) is 25.0 Å². The van der Waals surface area contributed by atoms with E-state index in [9.17, 15) is 0 Å². The summed E-state index contributed by atoms with van der Waals surface area (Å²) >= 11 is 0. The van der Waals surface area contributed by atoms with Gasteiger partial charge in [0, 0.05) is 24.8 Å². The quantitative estimate of drug-likeness (QED) is 0.902. The Kier molecular flexibility index (Phi) is 4.56. The van der Waals surface area contributed by atoms with Gasteiger partial charge in [-0.25, -0.2) is 9.97 Å². The summed E-state index contributed by atoms with van der Waals surface area (Å²) in [5, 5.41) is 3.31. The van der Waals surface area contributed by atoms with E-state index in [-0.39, 0.29) is 0 Å². The molecule has 20 heavy (non-hydrogen) atoms. The summed E-state index contributed by atoms with van der Waals surface area (Å²) in [4.78, 5) is 10.9. The van der Waals surface area contributed by atoms with E-state index < -0.39 is 0 Å². The summed E-state index contributed by atoms with van der Waals surface area (Å²) in [6.45, 7) is 7.16. The van der Waals surface area contributed by atoms with Crippen LogP contribution in [-0.4, -0.2) is 23.6 Å². The van der Waals surface area contributed by atoms with Crippen molar-refractivity contribution in [1.82, 2.24) is 9.97 Å². The third-order valence-electron chi connectivity index (χ3n) is 3.36. The lowest BCUT2D eigenvalue weighted by atomic mass is 10.1. The Balaban J connectivity index is 2.40. The van der Waals surface area contributed by atoms with E-state index >= 15 is 0 Å². The predicted octanol–water partition coefficient (Wildman–Crippen LogP) is 3.55. The lowest BCUT2D eigenvalue weighted by Gasteiger charge is -2.22. The molecule has 1 heterocycles. The van der Waals surface area contributed by atoms with Gasteiger partial charge in [0.1, 0.15) is 18.0 Å². The Morgan fingerprint density at radius 3 is 2.40 bits per heavy atom. The summed E-state index contributed by atoms with van der Waals surface area (Å²) in [6, 6.07) is 8.46. The third kappa shape index (κ3) is 2.90. The van der Waals surface area contributed by atoms with Gasteiger partial charge >= 0.3 is 0 Å². The standard InChI is InChI=1S/C16H22N4/c1-5-14-15(17-6-2)18-11-19-16(14)20(4)13-9-7-12(3)8-10-13/h7-11H,5-6H2,1-4H3,(H,17,18,19). The van der Waals surface area contributed by atoms with Gasteiger partial charge in [-0.2, -0.15) is 0 Å². The summed E-state index contributed by atoms with van der Waals surface area (Å²) in [5.74, 6) is 1.89. The second kappa shape index (κ2) is 6.37. The largest absolute Gasteiger partial charge is 0.370 e. The normalized spacial score (nSPS) is 10.4. The van der Waals surface area contributed by atoms with E-state index in [2.05, 4.69) is 65.2 Å². The maximum Gasteiger partial charge on any atom is 0.141 e. The molecular weight excluding hydrogens is 248 g/mol. The average Bonchev–Trinajstić information content (AvgIpc) is 2.47. The number of rotatable bonds is 5. The van der Waals surface area contributed by atoms with Crippen molar-refractivity contribution >= 4 is 17.3 Å². The molecule has 0 fully saturated rings. The third-order valence-corrected chi connectivity index (χ3v) is 3.36. The molecule has 0 aliphatic rings. The van der Waals surface area contributed by atoms with Crippen molar-refractivity contribution < 1.29 is 0 Å². The monoisotopic (exact) mass is 270 g/mol. The highest BCUT2D eigenvalue weighted by Gasteiger charge is 2.14. The number of aryl methyl sites for hydroxylation is 1. The zero-order valence-corrected chi connectivity index (χ0v) is 12.6. The van der Waals surface area contributed by atoms with E-state index in [1.807, 2.05) is 7.05 Å². The van der Waals surface area contributed by atoms with Crippen LogP contribution in [0, 0.1) is 6.92 Å². The van der Waals surface area contributed by atoms with Crippen molar-refractivity contribution in [1.29, 1.82) is 0 Å². The molecule has 0 bridgehead atoms. The SMILES string of the molecule is CCNc1ncnc(N(C)c2ccc(C)cc2)c1CC. The molecule has 4 heteroatoms. The van der Waals surface area contributed by atoms with Crippen LogP contribution in [-0.2, 0) is 6.42 Å². The molecule has 0 amide bonds. The summed E-state index contributed by atoms with van der Waals surface area (Å²) in [6.07, 6.45) is 2.52. The van der Waals surface area contributed by atoms with Crippen LogP contribution in [0.2, 0.25) is 0 Å². The van der Waals surface area contributed by atoms with E-state index in [1.165, 1.54) is 5.56 Å². The Morgan fingerprint density at radius 2 is 1.80 bits per heavy atom. The highest BCUT2D eigenvalue weighted by molar-refractivity contribution is 5.67. The van der Waals surface area contributed by atoms with Gasteiger partial charge in [0.2, 0.25) is 0 Å². The first-order valence-corrected chi connectivity index (χ1v) is 7.05. The highest BCUT2D eigenvalue weighted by atomic mass is 15.2. The van der Waals surface area contributed by atoms with E-state index in [4.69, 9.17) is 0 Å². The van der Waals surface area contributed by atoms with Crippen LogP contribution >= 0.6 is 0 Å². The van der Waals surface area contributed by atoms with E-state index in [1.54, 1.807) is 6.33 Å². The fourth-order valence-electron chi connectivity index (χ4n) is 2.23. The van der Waals surface area contributed by atoms with Gasteiger partial charge in [-0.05, 0) is 32.4 Å². The zero-order valence-electron chi connectivity index (χ0n) is 12.6. The Hall–Kier alpha value is -2.10. The molecule has 0 aliphatic heterocycles. The average molecular weight is 270 g/mol. The molecule has 0 aliphatic carbocycles. The lowest BCUT2D eigenvalue weighted by molar-refractivity contribution is 0.989. The number of nitrogens with zero attached hydrogens (tertiary/aromatic N) is 3. The van der Waals surface area contributed by atoms with Crippen LogP contribution < -0.4 is 10.2 Å². The second-order valence-electron chi connectivity index (χ2n) is 4.80. The fourth-order valence-corrected chi connectivity index (χ4v) is 2.23. The van der Waals surface area contributed by atoms with Crippen molar-refractivity contribution in [2.75, 3.05) is 23.8 Å². The summed E-state index contributed by atoms with van der Waals surface area (Å²) < 4.78 is 0. The van der Waals surface area contributed by atoms with Crippen molar-refractivity contribution in [3.05, 3.63) is 41.7 Å². The molecule has 0 saturated heterocycles. The van der Waals surface area contributed by atoms with Gasteiger partial charge in [0.05, 0.1) is 0 Å². The molecule has 0 radical (unpaired) electrons. The maximum atomic E-state index is 4.47. The lowest BCUT2D eigenvalue weighted by Crippen LogP contribution is -2.16. The van der Waals surface area contributed by atoms with Crippen molar-refractivity contribution in [2.45, 2.75) is 27.2 Å². The van der Waals surface area contributed by atoms with Crippen LogP contribution in [0.5, 0.6) is 0 Å². The Bertz CT molecular complexity index is 563. The first-order chi connectivity index (χ1) is 9.67. The minimum atomic E-state index is 0.859. The molecule has 2 aromatic rings. The minimum absolute atomic E-state index is 0.859. The molecule has 0 saturated carbocycles. The topological polar surface area (TPSA) is 41.1 Å². The number of benzene rings is 1. The zero-order chi connectivity index (χ0) is 14.5. The van der Waals surface area contributed by atoms with Gasteiger partial charge in [0.15, 0.2) is 0 Å². The number of aromatic nitrogens is 2. The van der Waals surface area contributed by atoms with Crippen LogP contribution in [0.25, 0.3) is 0 Å². The van der Waals surface area contributed by atoms with Gasteiger partial charge in [-0.3, -0.25) is 0 Å². The van der Waals surface area contributed by atoms with Crippen LogP contribution in [0.15, 0.2) is 30.6 Å². The van der Waals surface area contributed by atoms with E-state index in [0.717, 1.165) is 35.9 Å².